The highest BCUT2D eigenvalue weighted by atomic mass is 16.3. The summed E-state index contributed by atoms with van der Waals surface area (Å²) >= 11 is 0. The predicted octanol–water partition coefficient (Wildman–Crippen LogP) is 12.6. The summed E-state index contributed by atoms with van der Waals surface area (Å²) in [5.74, 6) is 1.68. The number of hydrogen-bond acceptors (Lipinski definition) is 4. The lowest BCUT2D eigenvalue weighted by Gasteiger charge is -2.37. The van der Waals surface area contributed by atoms with Crippen LogP contribution in [0.25, 0.3) is 72.5 Å². The van der Waals surface area contributed by atoms with Gasteiger partial charge in [0, 0.05) is 32.7 Å². The first-order valence-electron chi connectivity index (χ1n) is 19.2. The van der Waals surface area contributed by atoms with Gasteiger partial charge in [-0.3, -0.25) is 4.57 Å². The van der Waals surface area contributed by atoms with E-state index >= 15 is 0 Å². The fraction of sp³-hybridized carbons (Fsp3) is 0.0192. The van der Waals surface area contributed by atoms with Gasteiger partial charge in [-0.2, -0.15) is 9.97 Å². The zero-order valence-electron chi connectivity index (χ0n) is 30.8. The molecule has 5 heteroatoms. The van der Waals surface area contributed by atoms with E-state index in [1.54, 1.807) is 0 Å². The van der Waals surface area contributed by atoms with E-state index in [-0.39, 0.29) is 0 Å². The molecule has 11 rings (SSSR count). The summed E-state index contributed by atoms with van der Waals surface area (Å²) in [6.07, 6.45) is 0. The standard InChI is InChI=1S/C52H34N4O/c1-4-18-37(19-5-1)52(38-20-6-2-7-21-38,39-22-8-3-9-23-39)40-24-16-17-35(33-40)49-53-50(36-31-32-44-43-27-12-15-30-47(43)57-48(44)34-36)55-51(54-49)56-45-28-13-10-25-41(45)42-26-11-14-29-46(42)56/h1-34H. The monoisotopic (exact) mass is 730 g/mol. The second-order valence-corrected chi connectivity index (χ2v) is 14.4. The Morgan fingerprint density at radius 2 is 0.825 bits per heavy atom. The van der Waals surface area contributed by atoms with Gasteiger partial charge in [0.2, 0.25) is 5.95 Å². The van der Waals surface area contributed by atoms with Gasteiger partial charge >= 0.3 is 0 Å². The fourth-order valence-electron chi connectivity index (χ4n) is 8.68. The van der Waals surface area contributed by atoms with Gasteiger partial charge in [-0.15, -0.1) is 0 Å². The van der Waals surface area contributed by atoms with Gasteiger partial charge in [0.15, 0.2) is 11.6 Å². The smallest absolute Gasteiger partial charge is 0.238 e. The highest BCUT2D eigenvalue weighted by molar-refractivity contribution is 6.09. The molecular formula is C52H34N4O. The van der Waals surface area contributed by atoms with Crippen LogP contribution in [-0.4, -0.2) is 19.5 Å². The maximum absolute atomic E-state index is 6.35. The first-order valence-corrected chi connectivity index (χ1v) is 19.2. The van der Waals surface area contributed by atoms with Crippen molar-refractivity contribution in [2.45, 2.75) is 5.41 Å². The molecule has 0 amide bonds. The molecule has 3 aromatic heterocycles. The SMILES string of the molecule is c1ccc(C(c2ccccc2)(c2ccccc2)c2cccc(-c3nc(-c4ccc5c(c4)oc4ccccc45)nc(-n4c5ccccc5c5ccccc54)n3)c2)cc1. The topological polar surface area (TPSA) is 56.7 Å². The van der Waals surface area contributed by atoms with Crippen molar-refractivity contribution in [2.24, 2.45) is 0 Å². The number of furan rings is 1. The molecule has 0 aliphatic carbocycles. The quantitative estimate of drug-likeness (QED) is 0.153. The molecule has 0 bridgehead atoms. The molecule has 0 spiro atoms. The minimum Gasteiger partial charge on any atom is -0.456 e. The summed E-state index contributed by atoms with van der Waals surface area (Å²) in [6, 6.07) is 72.2. The Labute approximate surface area is 329 Å². The molecule has 0 N–H and O–H groups in total. The Balaban J connectivity index is 1.18. The molecule has 0 fully saturated rings. The summed E-state index contributed by atoms with van der Waals surface area (Å²) in [5, 5.41) is 4.41. The first-order chi connectivity index (χ1) is 28.3. The summed E-state index contributed by atoms with van der Waals surface area (Å²) in [7, 11) is 0. The van der Waals surface area contributed by atoms with E-state index in [4.69, 9.17) is 19.4 Å². The van der Waals surface area contributed by atoms with E-state index in [0.717, 1.165) is 60.4 Å². The van der Waals surface area contributed by atoms with Gasteiger partial charge < -0.3 is 4.42 Å². The molecule has 8 aromatic carbocycles. The number of hydrogen-bond donors (Lipinski definition) is 0. The lowest BCUT2D eigenvalue weighted by molar-refractivity contribution is 0.669. The molecular weight excluding hydrogens is 697 g/mol. The van der Waals surface area contributed by atoms with Crippen molar-refractivity contribution >= 4 is 43.7 Å². The number of benzene rings is 8. The van der Waals surface area contributed by atoms with Gasteiger partial charge in [-0.05, 0) is 58.7 Å². The maximum Gasteiger partial charge on any atom is 0.238 e. The third-order valence-corrected chi connectivity index (χ3v) is 11.2. The normalized spacial score (nSPS) is 11.9. The predicted molar refractivity (Wildman–Crippen MR) is 231 cm³/mol. The van der Waals surface area contributed by atoms with E-state index in [0.29, 0.717) is 17.6 Å². The second kappa shape index (κ2) is 13.3. The van der Waals surface area contributed by atoms with Gasteiger partial charge in [0.25, 0.3) is 0 Å². The number of rotatable bonds is 7. The van der Waals surface area contributed by atoms with E-state index < -0.39 is 5.41 Å². The van der Waals surface area contributed by atoms with Crippen LogP contribution in [0.5, 0.6) is 0 Å². The van der Waals surface area contributed by atoms with Crippen molar-refractivity contribution in [3.05, 3.63) is 229 Å². The Morgan fingerprint density at radius 1 is 0.351 bits per heavy atom. The van der Waals surface area contributed by atoms with E-state index in [2.05, 4.69) is 187 Å². The van der Waals surface area contributed by atoms with E-state index in [1.807, 2.05) is 24.3 Å². The van der Waals surface area contributed by atoms with Crippen LogP contribution in [0.1, 0.15) is 22.3 Å². The van der Waals surface area contributed by atoms with Crippen LogP contribution in [0, 0.1) is 0 Å². The van der Waals surface area contributed by atoms with Crippen molar-refractivity contribution in [2.75, 3.05) is 0 Å². The number of fused-ring (bicyclic) bond motifs is 6. The molecule has 0 unspecified atom stereocenters. The molecule has 0 radical (unpaired) electrons. The van der Waals surface area contributed by atoms with Crippen molar-refractivity contribution in [3.8, 4) is 28.7 Å². The van der Waals surface area contributed by atoms with Gasteiger partial charge in [0.05, 0.1) is 16.4 Å². The second-order valence-electron chi connectivity index (χ2n) is 14.4. The highest BCUT2D eigenvalue weighted by Gasteiger charge is 2.38. The van der Waals surface area contributed by atoms with Crippen LogP contribution in [0.2, 0.25) is 0 Å². The molecule has 5 nitrogen and oxygen atoms in total. The molecule has 0 saturated carbocycles. The maximum atomic E-state index is 6.35. The van der Waals surface area contributed by atoms with Gasteiger partial charge in [0.1, 0.15) is 11.2 Å². The number of nitrogens with zero attached hydrogens (tertiary/aromatic N) is 4. The molecule has 0 saturated heterocycles. The number of aromatic nitrogens is 4. The Hall–Kier alpha value is -7.63. The number of para-hydroxylation sites is 3. The van der Waals surface area contributed by atoms with Crippen LogP contribution in [-0.2, 0) is 5.41 Å². The average molecular weight is 731 g/mol. The van der Waals surface area contributed by atoms with Crippen LogP contribution < -0.4 is 0 Å². The third-order valence-electron chi connectivity index (χ3n) is 11.2. The van der Waals surface area contributed by atoms with Crippen LogP contribution in [0.3, 0.4) is 0 Å². The van der Waals surface area contributed by atoms with Crippen molar-refractivity contribution < 1.29 is 4.42 Å². The van der Waals surface area contributed by atoms with Crippen LogP contribution in [0.4, 0.5) is 0 Å². The molecule has 57 heavy (non-hydrogen) atoms. The molecule has 3 heterocycles. The van der Waals surface area contributed by atoms with E-state index in [9.17, 15) is 0 Å². The minimum atomic E-state index is -0.627. The Kier molecular flexibility index (Phi) is 7.64. The summed E-state index contributed by atoms with van der Waals surface area (Å²) in [6.45, 7) is 0. The first kappa shape index (κ1) is 32.8. The summed E-state index contributed by atoms with van der Waals surface area (Å²) in [5.41, 5.74) is 9.40. The van der Waals surface area contributed by atoms with Crippen molar-refractivity contribution in [1.82, 2.24) is 19.5 Å². The lowest BCUT2D eigenvalue weighted by Crippen LogP contribution is -2.31. The Morgan fingerprint density at radius 3 is 1.42 bits per heavy atom. The van der Waals surface area contributed by atoms with E-state index in [1.165, 1.54) is 16.7 Å². The summed E-state index contributed by atoms with van der Waals surface area (Å²) < 4.78 is 8.51. The largest absolute Gasteiger partial charge is 0.456 e. The highest BCUT2D eigenvalue weighted by Crippen LogP contribution is 2.46. The zero-order valence-corrected chi connectivity index (χ0v) is 30.8. The molecule has 0 aliphatic heterocycles. The third kappa shape index (κ3) is 5.28. The van der Waals surface area contributed by atoms with Crippen molar-refractivity contribution in [3.63, 3.8) is 0 Å². The summed E-state index contributed by atoms with van der Waals surface area (Å²) in [4.78, 5) is 15.8. The molecule has 268 valence electrons. The Bertz CT molecular complexity index is 3090. The van der Waals surface area contributed by atoms with Gasteiger partial charge in [-0.1, -0.05) is 170 Å². The zero-order chi connectivity index (χ0) is 37.8. The lowest BCUT2D eigenvalue weighted by atomic mass is 9.65. The molecule has 0 atom stereocenters. The van der Waals surface area contributed by atoms with Gasteiger partial charge in [-0.25, -0.2) is 4.98 Å². The average Bonchev–Trinajstić information content (AvgIpc) is 3.83. The minimum absolute atomic E-state index is 0.544. The van der Waals surface area contributed by atoms with Crippen molar-refractivity contribution in [1.29, 1.82) is 0 Å². The van der Waals surface area contributed by atoms with Crippen LogP contribution in [0.15, 0.2) is 211 Å². The molecule has 11 aromatic rings. The molecule has 0 aliphatic rings. The van der Waals surface area contributed by atoms with Crippen LogP contribution >= 0.6 is 0 Å². The fourth-order valence-corrected chi connectivity index (χ4v) is 8.68.